The van der Waals surface area contributed by atoms with Gasteiger partial charge in [0.15, 0.2) is 6.29 Å². The highest BCUT2D eigenvalue weighted by Crippen LogP contribution is 2.42. The normalized spacial score (nSPS) is 19.3. The molecule has 1 aliphatic rings. The summed E-state index contributed by atoms with van der Waals surface area (Å²) in [5.41, 5.74) is 1.27. The van der Waals surface area contributed by atoms with Gasteiger partial charge in [0, 0.05) is 12.7 Å². The molecule has 1 heterocycles. The topological polar surface area (TPSA) is 22.0 Å². The van der Waals surface area contributed by atoms with E-state index in [1.54, 1.807) is 0 Å². The van der Waals surface area contributed by atoms with E-state index >= 15 is 0 Å². The average molecular weight is 205 g/mol. The maximum Gasteiger partial charge on any atom is 0.166 e. The van der Waals surface area contributed by atoms with Gasteiger partial charge in [0.2, 0.25) is 0 Å². The number of aldehydes is 1. The summed E-state index contributed by atoms with van der Waals surface area (Å²) in [5.74, 6) is 0. The van der Waals surface area contributed by atoms with Gasteiger partial charge >= 0.3 is 0 Å². The van der Waals surface area contributed by atoms with Gasteiger partial charge in [0.05, 0.1) is 5.69 Å². The lowest BCUT2D eigenvalue weighted by Crippen LogP contribution is -2.23. The highest BCUT2D eigenvalue weighted by Gasteiger charge is 2.32. The summed E-state index contributed by atoms with van der Waals surface area (Å²) in [5, 5.41) is 0. The molecule has 0 aromatic carbocycles. The molecular formula is C13H19NO. The Morgan fingerprint density at radius 3 is 2.80 bits per heavy atom. The molecule has 2 heteroatoms. The van der Waals surface area contributed by atoms with Gasteiger partial charge in [-0.05, 0) is 36.8 Å². The van der Waals surface area contributed by atoms with Gasteiger partial charge in [-0.2, -0.15) is 0 Å². The van der Waals surface area contributed by atoms with Crippen molar-refractivity contribution in [3.8, 4) is 0 Å². The van der Waals surface area contributed by atoms with Crippen molar-refractivity contribution in [2.24, 2.45) is 5.41 Å². The van der Waals surface area contributed by atoms with Crippen molar-refractivity contribution >= 4 is 6.29 Å². The van der Waals surface area contributed by atoms with E-state index < -0.39 is 0 Å². The van der Waals surface area contributed by atoms with Crippen molar-refractivity contribution in [2.75, 3.05) is 0 Å². The highest BCUT2D eigenvalue weighted by atomic mass is 16.1. The van der Waals surface area contributed by atoms with Crippen LogP contribution in [0, 0.1) is 5.41 Å². The quantitative estimate of drug-likeness (QED) is 0.691. The maximum atomic E-state index is 10.8. The van der Waals surface area contributed by atoms with Gasteiger partial charge in [0.25, 0.3) is 0 Å². The Balaban J connectivity index is 2.16. The first kappa shape index (κ1) is 10.5. The SMILES string of the molecule is CCC1(Cn2cccc2C=O)CCCC1. The lowest BCUT2D eigenvalue weighted by Gasteiger charge is -2.28. The lowest BCUT2D eigenvalue weighted by molar-refractivity contribution is 0.111. The van der Waals surface area contributed by atoms with E-state index in [9.17, 15) is 4.79 Å². The van der Waals surface area contributed by atoms with Crippen molar-refractivity contribution in [1.29, 1.82) is 0 Å². The molecule has 0 bridgehead atoms. The zero-order valence-electron chi connectivity index (χ0n) is 9.41. The van der Waals surface area contributed by atoms with Crippen molar-refractivity contribution in [1.82, 2.24) is 4.57 Å². The third-order valence-corrected chi connectivity index (χ3v) is 3.91. The Kier molecular flexibility index (Phi) is 2.94. The smallest absolute Gasteiger partial charge is 0.166 e. The molecule has 15 heavy (non-hydrogen) atoms. The van der Waals surface area contributed by atoms with E-state index in [0.717, 1.165) is 18.5 Å². The minimum absolute atomic E-state index is 0.455. The summed E-state index contributed by atoms with van der Waals surface area (Å²) in [6.07, 6.45) is 9.55. The minimum Gasteiger partial charge on any atom is -0.345 e. The predicted molar refractivity (Wildman–Crippen MR) is 61.0 cm³/mol. The number of hydrogen-bond acceptors (Lipinski definition) is 1. The van der Waals surface area contributed by atoms with Crippen molar-refractivity contribution < 1.29 is 4.79 Å². The summed E-state index contributed by atoms with van der Waals surface area (Å²) in [6, 6.07) is 3.85. The Labute approximate surface area is 91.3 Å². The molecule has 0 spiro atoms. The number of aromatic nitrogens is 1. The number of carbonyl (C=O) groups is 1. The molecule has 0 saturated heterocycles. The number of hydrogen-bond donors (Lipinski definition) is 0. The van der Waals surface area contributed by atoms with Gasteiger partial charge in [-0.3, -0.25) is 4.79 Å². The van der Waals surface area contributed by atoms with Crippen LogP contribution in [0.15, 0.2) is 18.3 Å². The first-order valence-corrected chi connectivity index (χ1v) is 5.90. The van der Waals surface area contributed by atoms with Gasteiger partial charge < -0.3 is 4.57 Å². The van der Waals surface area contributed by atoms with E-state index in [1.165, 1.54) is 32.1 Å². The molecule has 0 amide bonds. The van der Waals surface area contributed by atoms with Crippen LogP contribution < -0.4 is 0 Å². The predicted octanol–water partition coefficient (Wildman–Crippen LogP) is 3.27. The number of rotatable bonds is 4. The van der Waals surface area contributed by atoms with E-state index in [-0.39, 0.29) is 0 Å². The largest absolute Gasteiger partial charge is 0.345 e. The Hall–Kier alpha value is -1.05. The molecule has 1 fully saturated rings. The number of nitrogens with zero attached hydrogens (tertiary/aromatic N) is 1. The Morgan fingerprint density at radius 2 is 2.20 bits per heavy atom. The molecule has 2 rings (SSSR count). The monoisotopic (exact) mass is 205 g/mol. The van der Waals surface area contributed by atoms with Crippen LogP contribution >= 0.6 is 0 Å². The van der Waals surface area contributed by atoms with Crippen LogP contribution in [0.5, 0.6) is 0 Å². The second-order valence-electron chi connectivity index (χ2n) is 4.74. The fraction of sp³-hybridized carbons (Fsp3) is 0.615. The van der Waals surface area contributed by atoms with E-state index in [1.807, 2.05) is 18.3 Å². The van der Waals surface area contributed by atoms with Crippen LogP contribution in [0.1, 0.15) is 49.5 Å². The Morgan fingerprint density at radius 1 is 1.47 bits per heavy atom. The molecule has 1 aromatic rings. The summed E-state index contributed by atoms with van der Waals surface area (Å²) >= 11 is 0. The molecule has 1 aromatic heterocycles. The average Bonchev–Trinajstić information content (AvgIpc) is 2.88. The molecule has 0 aliphatic heterocycles. The third kappa shape index (κ3) is 1.99. The lowest BCUT2D eigenvalue weighted by atomic mass is 9.83. The second-order valence-corrected chi connectivity index (χ2v) is 4.74. The van der Waals surface area contributed by atoms with Crippen LogP contribution in [-0.4, -0.2) is 10.9 Å². The maximum absolute atomic E-state index is 10.8. The van der Waals surface area contributed by atoms with Crippen molar-refractivity contribution in [2.45, 2.75) is 45.6 Å². The first-order valence-electron chi connectivity index (χ1n) is 5.90. The standard InChI is InChI=1S/C13H19NO/c1-2-13(7-3-4-8-13)11-14-9-5-6-12(14)10-15/h5-6,9-10H,2-4,7-8,11H2,1H3. The first-order chi connectivity index (χ1) is 7.29. The van der Waals surface area contributed by atoms with Crippen molar-refractivity contribution in [3.63, 3.8) is 0 Å². The minimum atomic E-state index is 0.455. The third-order valence-electron chi connectivity index (χ3n) is 3.91. The summed E-state index contributed by atoms with van der Waals surface area (Å²) in [7, 11) is 0. The molecule has 1 aliphatic carbocycles. The van der Waals surface area contributed by atoms with E-state index in [4.69, 9.17) is 0 Å². The van der Waals surface area contributed by atoms with Gasteiger partial charge in [-0.15, -0.1) is 0 Å². The van der Waals surface area contributed by atoms with Crippen LogP contribution in [0.3, 0.4) is 0 Å². The molecule has 0 radical (unpaired) electrons. The zero-order chi connectivity index (χ0) is 10.7. The van der Waals surface area contributed by atoms with Gasteiger partial charge in [0.1, 0.15) is 0 Å². The summed E-state index contributed by atoms with van der Waals surface area (Å²) < 4.78 is 2.11. The number of carbonyl (C=O) groups excluding carboxylic acids is 1. The fourth-order valence-electron chi connectivity index (χ4n) is 2.79. The molecule has 0 unspecified atom stereocenters. The summed E-state index contributed by atoms with van der Waals surface area (Å²) in [4.78, 5) is 10.8. The molecular weight excluding hydrogens is 186 g/mol. The molecule has 82 valence electrons. The van der Waals surface area contributed by atoms with Crippen molar-refractivity contribution in [3.05, 3.63) is 24.0 Å². The Bertz CT molecular complexity index is 334. The molecule has 1 saturated carbocycles. The molecule has 0 atom stereocenters. The van der Waals surface area contributed by atoms with Gasteiger partial charge in [-0.25, -0.2) is 0 Å². The van der Waals surface area contributed by atoms with Crippen LogP contribution in [0.4, 0.5) is 0 Å². The zero-order valence-corrected chi connectivity index (χ0v) is 9.41. The highest BCUT2D eigenvalue weighted by molar-refractivity contribution is 5.72. The van der Waals surface area contributed by atoms with E-state index in [2.05, 4.69) is 11.5 Å². The van der Waals surface area contributed by atoms with E-state index in [0.29, 0.717) is 5.41 Å². The van der Waals surface area contributed by atoms with Crippen LogP contribution in [0.25, 0.3) is 0 Å². The fourth-order valence-corrected chi connectivity index (χ4v) is 2.79. The van der Waals surface area contributed by atoms with Crippen LogP contribution in [-0.2, 0) is 6.54 Å². The molecule has 0 N–H and O–H groups in total. The summed E-state index contributed by atoms with van der Waals surface area (Å²) in [6.45, 7) is 3.29. The van der Waals surface area contributed by atoms with Gasteiger partial charge in [-0.1, -0.05) is 19.8 Å². The van der Waals surface area contributed by atoms with Crippen LogP contribution in [0.2, 0.25) is 0 Å². The second kappa shape index (κ2) is 4.21. The molecule has 2 nitrogen and oxygen atoms in total.